The maximum atomic E-state index is 3.29. The first kappa shape index (κ1) is 15.9. The van der Waals surface area contributed by atoms with E-state index in [0.717, 1.165) is 17.1 Å². The molecular weight excluding hydrogens is 331 g/mol. The fraction of sp³-hybridized carbons (Fsp3) is 0.0526. The first-order valence-electron chi connectivity index (χ1n) is 6.65. The topological polar surface area (TPSA) is 3.24 Å². The fourth-order valence-electron chi connectivity index (χ4n) is 2.15. The van der Waals surface area contributed by atoms with Crippen LogP contribution in [0.3, 0.4) is 0 Å². The molecule has 2 heteroatoms. The van der Waals surface area contributed by atoms with Gasteiger partial charge in [-0.3, -0.25) is 0 Å². The number of para-hydroxylation sites is 2. The van der Waals surface area contributed by atoms with Gasteiger partial charge in [0.05, 0.1) is 0 Å². The molecular formula is C19H15NY-2. The van der Waals surface area contributed by atoms with E-state index in [1.54, 1.807) is 0 Å². The van der Waals surface area contributed by atoms with Gasteiger partial charge in [-0.05, 0) is 19.1 Å². The Balaban J connectivity index is 0.00000161. The quantitative estimate of drug-likeness (QED) is 0.599. The molecule has 21 heavy (non-hydrogen) atoms. The molecule has 0 heterocycles. The van der Waals surface area contributed by atoms with Gasteiger partial charge in [-0.25, -0.2) is 0 Å². The van der Waals surface area contributed by atoms with Crippen molar-refractivity contribution in [1.82, 2.24) is 0 Å². The van der Waals surface area contributed by atoms with Gasteiger partial charge >= 0.3 is 0 Å². The van der Waals surface area contributed by atoms with Crippen molar-refractivity contribution in [2.45, 2.75) is 6.92 Å². The number of hydrogen-bond donors (Lipinski definition) is 0. The minimum absolute atomic E-state index is 0. The molecule has 0 fully saturated rings. The van der Waals surface area contributed by atoms with Crippen LogP contribution in [0.5, 0.6) is 0 Å². The van der Waals surface area contributed by atoms with E-state index >= 15 is 0 Å². The van der Waals surface area contributed by atoms with Crippen LogP contribution >= 0.6 is 0 Å². The van der Waals surface area contributed by atoms with E-state index in [9.17, 15) is 0 Å². The molecule has 0 aliphatic rings. The molecule has 3 rings (SSSR count). The molecule has 3 aromatic carbocycles. The van der Waals surface area contributed by atoms with Crippen molar-refractivity contribution >= 4 is 17.1 Å². The molecule has 0 aliphatic carbocycles. The maximum absolute atomic E-state index is 3.29. The van der Waals surface area contributed by atoms with Gasteiger partial charge in [-0.1, -0.05) is 29.1 Å². The van der Waals surface area contributed by atoms with Crippen LogP contribution in [0.2, 0.25) is 0 Å². The molecule has 0 aromatic heterocycles. The average Bonchev–Trinajstić information content (AvgIpc) is 2.52. The standard InChI is InChI=1S/C19H15N.Y/c1-16-12-14-19(15-13-16)20(17-8-4-2-5-9-17)18-10-6-3-7-11-18;/h2-8,10,12-15H,1H3;/q-2;. The molecule has 0 atom stereocenters. The molecule has 0 unspecified atom stereocenters. The van der Waals surface area contributed by atoms with Crippen LogP contribution < -0.4 is 4.90 Å². The molecule has 0 bridgehead atoms. The van der Waals surface area contributed by atoms with Gasteiger partial charge in [0.15, 0.2) is 0 Å². The van der Waals surface area contributed by atoms with Crippen LogP contribution in [0.4, 0.5) is 17.1 Å². The van der Waals surface area contributed by atoms with E-state index in [0.29, 0.717) is 0 Å². The summed E-state index contributed by atoms with van der Waals surface area (Å²) < 4.78 is 0. The summed E-state index contributed by atoms with van der Waals surface area (Å²) in [5, 5.41) is 0. The third kappa shape index (κ3) is 3.81. The summed E-state index contributed by atoms with van der Waals surface area (Å²) in [6, 6.07) is 31.0. The Kier molecular flexibility index (Phi) is 5.72. The van der Waals surface area contributed by atoms with E-state index in [1.807, 2.05) is 36.4 Å². The van der Waals surface area contributed by atoms with Gasteiger partial charge in [0, 0.05) is 38.4 Å². The van der Waals surface area contributed by atoms with Crippen LogP contribution in [0.15, 0.2) is 72.8 Å². The third-order valence-corrected chi connectivity index (χ3v) is 3.16. The zero-order valence-corrected chi connectivity index (χ0v) is 14.8. The summed E-state index contributed by atoms with van der Waals surface area (Å²) in [6.45, 7) is 2.09. The van der Waals surface area contributed by atoms with E-state index in [-0.39, 0.29) is 32.7 Å². The molecule has 0 N–H and O–H groups in total. The first-order chi connectivity index (χ1) is 9.84. The van der Waals surface area contributed by atoms with Gasteiger partial charge in [-0.15, -0.1) is 12.1 Å². The largest absolute Gasteiger partial charge is 0.359 e. The predicted octanol–water partition coefficient (Wildman–Crippen LogP) is 5.06. The van der Waals surface area contributed by atoms with Crippen molar-refractivity contribution in [3.05, 3.63) is 90.5 Å². The molecule has 0 saturated carbocycles. The van der Waals surface area contributed by atoms with E-state index in [2.05, 4.69) is 60.4 Å². The van der Waals surface area contributed by atoms with E-state index in [1.165, 1.54) is 5.56 Å². The monoisotopic (exact) mass is 346 g/mol. The molecule has 0 spiro atoms. The third-order valence-electron chi connectivity index (χ3n) is 3.16. The summed E-state index contributed by atoms with van der Waals surface area (Å²) in [5.41, 5.74) is 4.39. The van der Waals surface area contributed by atoms with Gasteiger partial charge in [0.1, 0.15) is 0 Å². The number of rotatable bonds is 3. The van der Waals surface area contributed by atoms with Crippen LogP contribution in [0.25, 0.3) is 0 Å². The Hall–Kier alpha value is -1.44. The second kappa shape index (κ2) is 7.54. The number of benzene rings is 3. The van der Waals surface area contributed by atoms with Crippen molar-refractivity contribution in [3.8, 4) is 0 Å². The maximum Gasteiger partial charge on any atom is 0.0419 e. The Morgan fingerprint density at radius 2 is 1.24 bits per heavy atom. The van der Waals surface area contributed by atoms with E-state index < -0.39 is 0 Å². The summed E-state index contributed by atoms with van der Waals surface area (Å²) in [7, 11) is 0. The molecule has 0 saturated heterocycles. The Morgan fingerprint density at radius 3 is 1.67 bits per heavy atom. The number of anilines is 3. The van der Waals surface area contributed by atoms with Crippen LogP contribution in [0.1, 0.15) is 5.56 Å². The zero-order valence-electron chi connectivity index (χ0n) is 12.0. The summed E-state index contributed by atoms with van der Waals surface area (Å²) in [5.74, 6) is 0. The van der Waals surface area contributed by atoms with Crippen molar-refractivity contribution in [1.29, 1.82) is 0 Å². The molecule has 1 nitrogen and oxygen atoms in total. The zero-order chi connectivity index (χ0) is 13.8. The Labute approximate surface area is 151 Å². The average molecular weight is 346 g/mol. The molecule has 101 valence electrons. The molecule has 1 radical (unpaired) electrons. The SMILES string of the molecule is Cc1ccc(N(c2[c-]cccc2)c2[c-]cccc2)cc1.[Y]. The van der Waals surface area contributed by atoms with Gasteiger partial charge < -0.3 is 4.90 Å². The minimum atomic E-state index is 0. The van der Waals surface area contributed by atoms with Crippen molar-refractivity contribution in [2.75, 3.05) is 4.90 Å². The van der Waals surface area contributed by atoms with Gasteiger partial charge in [0.25, 0.3) is 0 Å². The smallest absolute Gasteiger partial charge is 0.0419 e. The summed E-state index contributed by atoms with van der Waals surface area (Å²) >= 11 is 0. The minimum Gasteiger partial charge on any atom is -0.359 e. The van der Waals surface area contributed by atoms with E-state index in [4.69, 9.17) is 0 Å². The van der Waals surface area contributed by atoms with Crippen molar-refractivity contribution < 1.29 is 32.7 Å². The van der Waals surface area contributed by atoms with Gasteiger partial charge in [-0.2, -0.15) is 48.5 Å². The fourth-order valence-corrected chi connectivity index (χ4v) is 2.15. The number of nitrogens with zero attached hydrogens (tertiary/aromatic N) is 1. The second-order valence-corrected chi connectivity index (χ2v) is 4.67. The van der Waals surface area contributed by atoms with Crippen LogP contribution in [-0.4, -0.2) is 0 Å². The summed E-state index contributed by atoms with van der Waals surface area (Å²) in [4.78, 5) is 2.15. The molecule has 0 aliphatic heterocycles. The number of hydrogen-bond acceptors (Lipinski definition) is 1. The first-order valence-corrected chi connectivity index (χ1v) is 6.65. The van der Waals surface area contributed by atoms with Crippen LogP contribution in [0, 0.1) is 19.1 Å². The molecule has 3 aromatic rings. The normalized spacial score (nSPS) is 9.76. The van der Waals surface area contributed by atoms with Crippen LogP contribution in [-0.2, 0) is 32.7 Å². The van der Waals surface area contributed by atoms with Crippen molar-refractivity contribution in [3.63, 3.8) is 0 Å². The Bertz CT molecular complexity index is 623. The number of aryl methyl sites for hydroxylation is 1. The van der Waals surface area contributed by atoms with Crippen molar-refractivity contribution in [2.24, 2.45) is 0 Å². The van der Waals surface area contributed by atoms with Gasteiger partial charge in [0.2, 0.25) is 0 Å². The predicted molar refractivity (Wildman–Crippen MR) is 83.5 cm³/mol. The molecule has 0 amide bonds. The summed E-state index contributed by atoms with van der Waals surface area (Å²) in [6.07, 6.45) is 0. The second-order valence-electron chi connectivity index (χ2n) is 4.67. The Morgan fingerprint density at radius 1 is 0.714 bits per heavy atom.